The van der Waals surface area contributed by atoms with Crippen molar-refractivity contribution in [1.82, 2.24) is 0 Å². The Labute approximate surface area is 294 Å². The highest BCUT2D eigenvalue weighted by atomic mass is 28.4. The largest absolute Gasteiger partial charge is 0.399 e. The lowest BCUT2D eigenvalue weighted by atomic mass is 9.44. The summed E-state index contributed by atoms with van der Waals surface area (Å²) in [4.78, 5) is 27.3. The zero-order valence-corrected chi connectivity index (χ0v) is 31.7. The number of hydrogen-bond acceptors (Lipinski definition) is 5. The smallest absolute Gasteiger partial charge is 0.261 e. The molecule has 0 bridgehead atoms. The van der Waals surface area contributed by atoms with Gasteiger partial charge in [0.1, 0.15) is 17.7 Å². The first-order chi connectivity index (χ1) is 23.2. The van der Waals surface area contributed by atoms with Crippen LogP contribution < -0.4 is 10.4 Å². The molecule has 8 rings (SSSR count). The first kappa shape index (κ1) is 33.7. The van der Waals surface area contributed by atoms with Crippen LogP contribution in [0.4, 0.5) is 0 Å². The van der Waals surface area contributed by atoms with Gasteiger partial charge in [-0.3, -0.25) is 9.59 Å². The van der Waals surface area contributed by atoms with Gasteiger partial charge in [0, 0.05) is 31.6 Å². The van der Waals surface area contributed by atoms with Crippen LogP contribution in [0, 0.1) is 40.4 Å². The second-order valence-electron chi connectivity index (χ2n) is 18.5. The van der Waals surface area contributed by atoms with Gasteiger partial charge in [-0.25, -0.2) is 0 Å². The lowest BCUT2D eigenvalue weighted by molar-refractivity contribution is -0.334. The number of fused-ring (bicyclic) bond motifs is 4. The van der Waals surface area contributed by atoms with Crippen LogP contribution in [0.5, 0.6) is 0 Å². The number of ketones is 2. The third-order valence-corrected chi connectivity index (χ3v) is 19.7. The minimum Gasteiger partial charge on any atom is -0.399 e. The second-order valence-corrected chi connectivity index (χ2v) is 22.7. The summed E-state index contributed by atoms with van der Waals surface area (Å²) in [7, 11) is -2.92. The minimum atomic E-state index is -2.92. The molecule has 0 unspecified atom stereocenters. The molecule has 9 atom stereocenters. The Morgan fingerprint density at radius 1 is 0.878 bits per heavy atom. The number of ether oxygens (including phenoxy) is 2. The van der Waals surface area contributed by atoms with Gasteiger partial charge in [0.2, 0.25) is 0 Å². The van der Waals surface area contributed by atoms with Crippen LogP contribution in [0.15, 0.2) is 72.3 Å². The Kier molecular flexibility index (Phi) is 7.79. The van der Waals surface area contributed by atoms with Gasteiger partial charge < -0.3 is 13.9 Å². The van der Waals surface area contributed by atoms with Crippen molar-refractivity contribution < 1.29 is 23.5 Å². The van der Waals surface area contributed by atoms with E-state index in [-0.39, 0.29) is 28.4 Å². The molecular weight excluding hydrogens is 625 g/mol. The van der Waals surface area contributed by atoms with E-state index >= 15 is 0 Å². The molecule has 2 saturated heterocycles. The molecule has 6 heteroatoms. The number of Topliss-reactive ketones (excluding diaryl/α,β-unsaturated/α-hetero) is 2. The summed E-state index contributed by atoms with van der Waals surface area (Å²) in [5, 5.41) is 2.32. The van der Waals surface area contributed by atoms with Crippen molar-refractivity contribution in [3.63, 3.8) is 0 Å². The number of carbonyl (C=O) groups is 2. The zero-order chi connectivity index (χ0) is 34.6. The van der Waals surface area contributed by atoms with Crippen molar-refractivity contribution in [2.45, 2.75) is 122 Å². The summed E-state index contributed by atoms with van der Waals surface area (Å²) in [6, 6.07) is 21.7. The molecule has 2 aromatic rings. The number of allylic oxidation sites excluding steroid dienone is 1. The molecule has 49 heavy (non-hydrogen) atoms. The molecule has 0 amide bonds. The third-order valence-electron chi connectivity index (χ3n) is 14.6. The Hall–Kier alpha value is -2.38. The molecule has 6 aliphatic rings. The van der Waals surface area contributed by atoms with Gasteiger partial charge in [0.05, 0.1) is 17.6 Å². The van der Waals surface area contributed by atoms with Gasteiger partial charge in [-0.05, 0) is 84.0 Å². The van der Waals surface area contributed by atoms with Crippen LogP contribution in [0.3, 0.4) is 0 Å². The molecule has 0 N–H and O–H groups in total. The molecule has 2 heterocycles. The highest BCUT2D eigenvalue weighted by molar-refractivity contribution is 6.99. The first-order valence-electron chi connectivity index (χ1n) is 19.1. The lowest BCUT2D eigenvalue weighted by Crippen LogP contribution is -2.71. The maximum atomic E-state index is 14.8. The van der Waals surface area contributed by atoms with Gasteiger partial charge in [-0.2, -0.15) is 0 Å². The summed E-state index contributed by atoms with van der Waals surface area (Å²) < 4.78 is 22.3. The molecule has 0 aromatic heterocycles. The van der Waals surface area contributed by atoms with Crippen LogP contribution in [-0.4, -0.2) is 44.0 Å². The van der Waals surface area contributed by atoms with Gasteiger partial charge in [-0.15, -0.1) is 0 Å². The van der Waals surface area contributed by atoms with E-state index in [1.165, 1.54) is 15.9 Å². The maximum absolute atomic E-state index is 14.8. The van der Waals surface area contributed by atoms with Crippen molar-refractivity contribution >= 4 is 30.3 Å². The summed E-state index contributed by atoms with van der Waals surface area (Å²) in [6.07, 6.45) is 8.81. The van der Waals surface area contributed by atoms with Crippen molar-refractivity contribution in [3.05, 3.63) is 72.3 Å². The maximum Gasteiger partial charge on any atom is 0.261 e. The fraction of sp³-hybridized carbons (Fsp3) is 0.628. The standard InChI is InChI=1S/C43H56O5Si/c1-28-34-20-21-35-33-19-18-29-24-30(44)22-23-41(29,7)36(33)25-37(45)42(34,35)27-46-43(28)38(26-40(5,6)48-43)47-49(39(2,3)4,31-14-10-8-11-15-31)32-16-12-9-13-17-32/h8-17,21,28-29,33-34,36,38H,18-20,22-27H2,1-7H3/t28-,29-,33-,34+,36-,38+,41-,42+,43+/m0/s1. The van der Waals surface area contributed by atoms with Crippen molar-refractivity contribution in [2.75, 3.05) is 6.61 Å². The van der Waals surface area contributed by atoms with Crippen LogP contribution in [-0.2, 0) is 23.5 Å². The molecular formula is C43H56O5Si. The van der Waals surface area contributed by atoms with Gasteiger partial charge in [0.15, 0.2) is 5.79 Å². The Balaban J connectivity index is 1.17. The zero-order valence-electron chi connectivity index (χ0n) is 30.7. The van der Waals surface area contributed by atoms with Gasteiger partial charge in [0.25, 0.3) is 8.32 Å². The molecule has 5 fully saturated rings. The number of benzene rings is 2. The molecule has 5 nitrogen and oxygen atoms in total. The SMILES string of the molecule is C[C@H]1[C@H]2CC=C3[C@@H]4CC[C@H]5CC(=O)CC[C@]5(C)[C@H]4CC(=O)[C@@]32CO[C@@]12OC(C)(C)C[C@H]2O[Si](c1ccccc1)(c1ccccc1)C(C)(C)C. The van der Waals surface area contributed by atoms with Crippen molar-refractivity contribution in [2.24, 2.45) is 40.4 Å². The number of rotatable bonds is 4. The van der Waals surface area contributed by atoms with E-state index in [4.69, 9.17) is 13.9 Å². The summed E-state index contributed by atoms with van der Waals surface area (Å²) >= 11 is 0. The predicted octanol–water partition coefficient (Wildman–Crippen LogP) is 7.80. The summed E-state index contributed by atoms with van der Waals surface area (Å²) in [5.74, 6) is 1.02. The van der Waals surface area contributed by atoms with Crippen molar-refractivity contribution in [3.8, 4) is 0 Å². The highest BCUT2D eigenvalue weighted by Crippen LogP contribution is 2.68. The lowest BCUT2D eigenvalue weighted by Gasteiger charge is -2.61. The predicted molar refractivity (Wildman–Crippen MR) is 195 cm³/mol. The van der Waals surface area contributed by atoms with Crippen molar-refractivity contribution in [1.29, 1.82) is 0 Å². The van der Waals surface area contributed by atoms with E-state index in [0.29, 0.717) is 55.2 Å². The average Bonchev–Trinajstić information content (AvgIpc) is 3.59. The first-order valence-corrected chi connectivity index (χ1v) is 21.0. The Morgan fingerprint density at radius 2 is 1.53 bits per heavy atom. The van der Waals surface area contributed by atoms with Gasteiger partial charge in [-0.1, -0.05) is 107 Å². The van der Waals surface area contributed by atoms with E-state index in [2.05, 4.69) is 115 Å². The normalized spacial score (nSPS) is 39.9. The summed E-state index contributed by atoms with van der Waals surface area (Å²) in [5.41, 5.74) is 0.385. The van der Waals surface area contributed by atoms with E-state index in [0.717, 1.165) is 32.1 Å². The minimum absolute atomic E-state index is 0.0419. The van der Waals surface area contributed by atoms with E-state index < -0.39 is 25.1 Å². The average molecular weight is 681 g/mol. The van der Waals surface area contributed by atoms with Crippen LogP contribution in [0.25, 0.3) is 0 Å². The van der Waals surface area contributed by atoms with Gasteiger partial charge >= 0.3 is 0 Å². The molecule has 3 saturated carbocycles. The Bertz CT molecular complexity index is 1620. The summed E-state index contributed by atoms with van der Waals surface area (Å²) in [6.45, 7) is 16.4. The van der Waals surface area contributed by atoms with Crippen LogP contribution >= 0.6 is 0 Å². The molecule has 0 radical (unpaired) electrons. The third kappa shape index (κ3) is 4.72. The monoisotopic (exact) mass is 680 g/mol. The molecule has 2 aliphatic heterocycles. The fourth-order valence-corrected chi connectivity index (χ4v) is 16.9. The second kappa shape index (κ2) is 11.3. The molecule has 262 valence electrons. The highest BCUT2D eigenvalue weighted by Gasteiger charge is 2.71. The molecule has 2 spiro atoms. The van der Waals surface area contributed by atoms with E-state index in [9.17, 15) is 9.59 Å². The van der Waals surface area contributed by atoms with Crippen LogP contribution in [0.2, 0.25) is 5.04 Å². The Morgan fingerprint density at radius 3 is 2.16 bits per heavy atom. The topological polar surface area (TPSA) is 61.8 Å². The number of carbonyl (C=O) groups excluding carboxylic acids is 2. The molecule has 4 aliphatic carbocycles. The van der Waals surface area contributed by atoms with E-state index in [1.807, 2.05) is 0 Å². The fourth-order valence-electron chi connectivity index (χ4n) is 12.2. The van der Waals surface area contributed by atoms with E-state index in [1.54, 1.807) is 0 Å². The molecule has 2 aromatic carbocycles. The quantitative estimate of drug-likeness (QED) is 0.244. The number of hydrogen-bond donors (Lipinski definition) is 0. The van der Waals surface area contributed by atoms with Crippen LogP contribution in [0.1, 0.15) is 99.8 Å².